The van der Waals surface area contributed by atoms with Crippen molar-refractivity contribution in [2.24, 2.45) is 0 Å². The molecule has 20 heavy (non-hydrogen) atoms. The normalized spacial score (nSPS) is 18.0. The van der Waals surface area contributed by atoms with E-state index in [0.29, 0.717) is 6.04 Å². The Balaban J connectivity index is 1.79. The van der Waals surface area contributed by atoms with E-state index in [9.17, 15) is 0 Å². The predicted octanol–water partition coefficient (Wildman–Crippen LogP) is 2.63. The summed E-state index contributed by atoms with van der Waals surface area (Å²) in [6.07, 6.45) is 1.91. The van der Waals surface area contributed by atoms with Crippen LogP contribution in [0.2, 0.25) is 5.02 Å². The summed E-state index contributed by atoms with van der Waals surface area (Å²) in [7, 11) is 0. The molecule has 1 aromatic rings. The maximum absolute atomic E-state index is 5.94. The highest BCUT2D eigenvalue weighted by atomic mass is 35.5. The number of anilines is 1. The molecule has 0 spiro atoms. The van der Waals surface area contributed by atoms with Crippen LogP contribution >= 0.6 is 11.6 Å². The molecular formula is C16H24ClN3. The molecule has 1 atom stereocenters. The fraction of sp³-hybridized carbons (Fsp3) is 0.500. The fourth-order valence-corrected chi connectivity index (χ4v) is 2.72. The van der Waals surface area contributed by atoms with E-state index in [1.54, 1.807) is 0 Å². The molecule has 0 saturated carbocycles. The molecule has 0 radical (unpaired) electrons. The molecule has 0 bridgehead atoms. The van der Waals surface area contributed by atoms with E-state index in [2.05, 4.69) is 40.8 Å². The Morgan fingerprint density at radius 1 is 1.25 bits per heavy atom. The third-order valence-electron chi connectivity index (χ3n) is 3.86. The van der Waals surface area contributed by atoms with Gasteiger partial charge in [0.05, 0.1) is 0 Å². The molecule has 1 aromatic carbocycles. The molecule has 1 heterocycles. The van der Waals surface area contributed by atoms with Gasteiger partial charge in [0, 0.05) is 56.0 Å². The molecule has 1 N–H and O–H groups in total. The lowest BCUT2D eigenvalue weighted by Gasteiger charge is -2.39. The quantitative estimate of drug-likeness (QED) is 0.642. The molecule has 4 heteroatoms. The van der Waals surface area contributed by atoms with E-state index in [-0.39, 0.29) is 0 Å². The minimum absolute atomic E-state index is 0.572. The molecule has 1 unspecified atom stereocenters. The van der Waals surface area contributed by atoms with Gasteiger partial charge in [0.2, 0.25) is 0 Å². The minimum atomic E-state index is 0.572. The topological polar surface area (TPSA) is 18.5 Å². The number of nitrogens with one attached hydrogen (secondary N) is 1. The number of benzene rings is 1. The van der Waals surface area contributed by atoms with Crippen molar-refractivity contribution in [1.29, 1.82) is 0 Å². The van der Waals surface area contributed by atoms with Crippen LogP contribution < -0.4 is 10.2 Å². The summed E-state index contributed by atoms with van der Waals surface area (Å²) in [5.74, 6) is 0. The maximum atomic E-state index is 5.94. The van der Waals surface area contributed by atoms with Crippen molar-refractivity contribution >= 4 is 17.3 Å². The lowest BCUT2D eigenvalue weighted by Crippen LogP contribution is -2.52. The number of nitrogens with zero attached hydrogens (tertiary/aromatic N) is 2. The maximum Gasteiger partial charge on any atom is 0.0407 e. The van der Waals surface area contributed by atoms with Crippen LogP contribution in [0.25, 0.3) is 0 Å². The van der Waals surface area contributed by atoms with E-state index < -0.39 is 0 Å². The van der Waals surface area contributed by atoms with E-state index in [0.717, 1.165) is 44.3 Å². The Morgan fingerprint density at radius 2 is 1.90 bits per heavy atom. The van der Waals surface area contributed by atoms with Crippen molar-refractivity contribution in [2.45, 2.75) is 13.0 Å². The van der Waals surface area contributed by atoms with E-state index in [1.807, 2.05) is 18.2 Å². The molecule has 110 valence electrons. The zero-order valence-electron chi connectivity index (χ0n) is 12.2. The second kappa shape index (κ2) is 7.67. The highest BCUT2D eigenvalue weighted by Crippen LogP contribution is 2.19. The lowest BCUT2D eigenvalue weighted by molar-refractivity contribution is 0.194. The van der Waals surface area contributed by atoms with Gasteiger partial charge in [-0.2, -0.15) is 0 Å². The zero-order valence-corrected chi connectivity index (χ0v) is 12.9. The Morgan fingerprint density at radius 3 is 2.50 bits per heavy atom. The molecular weight excluding hydrogens is 270 g/mol. The largest absolute Gasteiger partial charge is 0.369 e. The first-order valence-electron chi connectivity index (χ1n) is 7.27. The van der Waals surface area contributed by atoms with Crippen LogP contribution in [0.4, 0.5) is 5.69 Å². The van der Waals surface area contributed by atoms with Crippen LogP contribution in [-0.2, 0) is 0 Å². The van der Waals surface area contributed by atoms with Gasteiger partial charge in [-0.3, -0.25) is 4.90 Å². The van der Waals surface area contributed by atoms with Crippen molar-refractivity contribution in [2.75, 3.05) is 44.2 Å². The Kier molecular flexibility index (Phi) is 5.89. The van der Waals surface area contributed by atoms with Crippen LogP contribution in [0.1, 0.15) is 6.92 Å². The molecule has 0 aliphatic carbocycles. The van der Waals surface area contributed by atoms with Crippen molar-refractivity contribution in [3.8, 4) is 0 Å². The Hall–Kier alpha value is -1.03. The van der Waals surface area contributed by atoms with Crippen LogP contribution in [0.3, 0.4) is 0 Å². The Labute approximate surface area is 127 Å². The number of rotatable bonds is 6. The average Bonchev–Trinajstić information content (AvgIpc) is 2.48. The molecule has 1 saturated heterocycles. The smallest absolute Gasteiger partial charge is 0.0407 e. The van der Waals surface area contributed by atoms with E-state index in [4.69, 9.17) is 11.6 Å². The molecule has 1 fully saturated rings. The molecule has 0 aromatic heterocycles. The van der Waals surface area contributed by atoms with Gasteiger partial charge in [0.25, 0.3) is 0 Å². The number of piperazine rings is 1. The highest BCUT2D eigenvalue weighted by Gasteiger charge is 2.20. The van der Waals surface area contributed by atoms with Gasteiger partial charge in [0.1, 0.15) is 0 Å². The van der Waals surface area contributed by atoms with Gasteiger partial charge in [0.15, 0.2) is 0 Å². The first-order valence-corrected chi connectivity index (χ1v) is 7.64. The SMILES string of the molecule is C=CCNCC(C)N1CCN(c2ccc(Cl)cc2)CC1. The highest BCUT2D eigenvalue weighted by molar-refractivity contribution is 6.30. The van der Waals surface area contributed by atoms with Gasteiger partial charge in [-0.05, 0) is 31.2 Å². The third kappa shape index (κ3) is 4.23. The fourth-order valence-electron chi connectivity index (χ4n) is 2.60. The second-order valence-corrected chi connectivity index (χ2v) is 5.73. The molecule has 1 aliphatic heterocycles. The third-order valence-corrected chi connectivity index (χ3v) is 4.11. The van der Waals surface area contributed by atoms with Gasteiger partial charge in [-0.15, -0.1) is 6.58 Å². The number of halogens is 1. The summed E-state index contributed by atoms with van der Waals surface area (Å²) in [5.41, 5.74) is 1.27. The van der Waals surface area contributed by atoms with Crippen LogP contribution in [0.5, 0.6) is 0 Å². The summed E-state index contributed by atoms with van der Waals surface area (Å²) in [6, 6.07) is 8.71. The molecule has 3 nitrogen and oxygen atoms in total. The summed E-state index contributed by atoms with van der Waals surface area (Å²) in [4.78, 5) is 4.97. The zero-order chi connectivity index (χ0) is 14.4. The first kappa shape index (κ1) is 15.4. The molecule has 1 aliphatic rings. The predicted molar refractivity (Wildman–Crippen MR) is 87.8 cm³/mol. The lowest BCUT2D eigenvalue weighted by atomic mass is 10.2. The van der Waals surface area contributed by atoms with E-state index >= 15 is 0 Å². The molecule has 0 amide bonds. The van der Waals surface area contributed by atoms with Crippen LogP contribution in [0, 0.1) is 0 Å². The first-order chi connectivity index (χ1) is 9.70. The van der Waals surface area contributed by atoms with Gasteiger partial charge >= 0.3 is 0 Å². The van der Waals surface area contributed by atoms with Crippen molar-refractivity contribution < 1.29 is 0 Å². The molecule has 2 rings (SSSR count). The second-order valence-electron chi connectivity index (χ2n) is 5.30. The Bertz CT molecular complexity index is 410. The van der Waals surface area contributed by atoms with Crippen LogP contribution in [-0.4, -0.2) is 50.2 Å². The van der Waals surface area contributed by atoms with Crippen molar-refractivity contribution in [1.82, 2.24) is 10.2 Å². The summed E-state index contributed by atoms with van der Waals surface area (Å²) in [5, 5.41) is 4.19. The monoisotopic (exact) mass is 293 g/mol. The van der Waals surface area contributed by atoms with Gasteiger partial charge in [-0.1, -0.05) is 17.7 Å². The van der Waals surface area contributed by atoms with Gasteiger partial charge in [-0.25, -0.2) is 0 Å². The number of hydrogen-bond acceptors (Lipinski definition) is 3. The van der Waals surface area contributed by atoms with Crippen molar-refractivity contribution in [3.05, 3.63) is 41.9 Å². The minimum Gasteiger partial charge on any atom is -0.369 e. The van der Waals surface area contributed by atoms with Crippen molar-refractivity contribution in [3.63, 3.8) is 0 Å². The standard InChI is InChI=1S/C16H24ClN3/c1-3-8-18-13-14(2)19-9-11-20(12-10-19)16-6-4-15(17)5-7-16/h3-7,14,18H,1,8-13H2,2H3. The van der Waals surface area contributed by atoms with Gasteiger partial charge < -0.3 is 10.2 Å². The summed E-state index contributed by atoms with van der Waals surface area (Å²) < 4.78 is 0. The number of hydrogen-bond donors (Lipinski definition) is 1. The summed E-state index contributed by atoms with van der Waals surface area (Å²) in [6.45, 7) is 12.3. The van der Waals surface area contributed by atoms with E-state index in [1.165, 1.54) is 5.69 Å². The van der Waals surface area contributed by atoms with Crippen LogP contribution in [0.15, 0.2) is 36.9 Å². The summed E-state index contributed by atoms with van der Waals surface area (Å²) >= 11 is 5.94. The average molecular weight is 294 g/mol.